The van der Waals surface area contributed by atoms with Crippen LogP contribution in [0, 0.1) is 24.5 Å². The third-order valence-corrected chi connectivity index (χ3v) is 6.58. The Morgan fingerprint density at radius 3 is 2.42 bits per heavy atom. The van der Waals surface area contributed by atoms with E-state index in [1.807, 2.05) is 37.3 Å². The van der Waals surface area contributed by atoms with Crippen LogP contribution < -0.4 is 0 Å². The molecule has 1 amide bonds. The smallest absolute Gasteiger partial charge is 0.254 e. The van der Waals surface area contributed by atoms with Crippen LogP contribution in [0.3, 0.4) is 0 Å². The predicted octanol–water partition coefficient (Wildman–Crippen LogP) is 6.33. The number of aryl methyl sites for hydroxylation is 1. The van der Waals surface area contributed by atoms with Gasteiger partial charge in [-0.05, 0) is 50.1 Å². The summed E-state index contributed by atoms with van der Waals surface area (Å²) in [5.41, 5.74) is 2.83. The first-order valence-corrected chi connectivity index (χ1v) is 11.8. The van der Waals surface area contributed by atoms with Crippen LogP contribution in [0.4, 0.5) is 8.78 Å². The molecule has 36 heavy (non-hydrogen) atoms. The molecule has 2 heterocycles. The number of carbonyl (C=O) groups excluding carboxylic acids is 2. The fraction of sp³-hybridized carbons (Fsp3) is 0.207. The van der Waals surface area contributed by atoms with Gasteiger partial charge in [-0.3, -0.25) is 9.59 Å². The van der Waals surface area contributed by atoms with Crippen LogP contribution in [-0.4, -0.2) is 34.7 Å². The lowest BCUT2D eigenvalue weighted by Crippen LogP contribution is -2.40. The molecule has 0 aliphatic carbocycles. The lowest BCUT2D eigenvalue weighted by molar-refractivity contribution is 0.0649. The highest BCUT2D eigenvalue weighted by Gasteiger charge is 2.31. The van der Waals surface area contributed by atoms with Gasteiger partial charge >= 0.3 is 0 Å². The van der Waals surface area contributed by atoms with E-state index in [0.717, 1.165) is 29.3 Å². The standard InChI is InChI=1S/C29H24F2N2O3/c1-18-6-8-19(9-7-18)26-17-32-28(36-26)22-4-2-3-5-23(22)29(35)33-14-12-20(13-15-33)27(34)24-16-21(30)10-11-25(24)31/h2-11,16-17,20H,12-15H2,1H3. The van der Waals surface area contributed by atoms with E-state index in [4.69, 9.17) is 4.42 Å². The molecule has 4 aromatic rings. The van der Waals surface area contributed by atoms with Gasteiger partial charge in [0.25, 0.3) is 5.91 Å². The van der Waals surface area contributed by atoms with E-state index >= 15 is 0 Å². The van der Waals surface area contributed by atoms with Gasteiger partial charge in [0.05, 0.1) is 17.3 Å². The monoisotopic (exact) mass is 486 g/mol. The number of hydrogen-bond donors (Lipinski definition) is 0. The Hall–Kier alpha value is -4.13. The Kier molecular flexibility index (Phi) is 6.46. The summed E-state index contributed by atoms with van der Waals surface area (Å²) < 4.78 is 33.6. The van der Waals surface area contributed by atoms with Crippen LogP contribution in [0.25, 0.3) is 22.8 Å². The summed E-state index contributed by atoms with van der Waals surface area (Å²) in [7, 11) is 0. The second-order valence-electron chi connectivity index (χ2n) is 9.00. The van der Waals surface area contributed by atoms with Crippen molar-refractivity contribution in [2.45, 2.75) is 19.8 Å². The van der Waals surface area contributed by atoms with Crippen LogP contribution in [0.5, 0.6) is 0 Å². The minimum Gasteiger partial charge on any atom is -0.436 e. The number of hydrogen-bond acceptors (Lipinski definition) is 4. The molecule has 1 aromatic heterocycles. The summed E-state index contributed by atoms with van der Waals surface area (Å²) in [6, 6.07) is 17.9. The molecule has 0 N–H and O–H groups in total. The maximum Gasteiger partial charge on any atom is 0.254 e. The molecule has 7 heteroatoms. The molecule has 0 radical (unpaired) electrons. The number of oxazole rings is 1. The second kappa shape index (κ2) is 9.85. The number of carbonyl (C=O) groups is 2. The number of rotatable bonds is 5. The number of nitrogens with zero attached hydrogens (tertiary/aromatic N) is 2. The number of piperidine rings is 1. The van der Waals surface area contributed by atoms with Crippen LogP contribution >= 0.6 is 0 Å². The lowest BCUT2D eigenvalue weighted by Gasteiger charge is -2.31. The fourth-order valence-electron chi connectivity index (χ4n) is 4.53. The Morgan fingerprint density at radius 2 is 1.67 bits per heavy atom. The molecule has 0 spiro atoms. The van der Waals surface area contributed by atoms with Gasteiger partial charge < -0.3 is 9.32 Å². The lowest BCUT2D eigenvalue weighted by atomic mass is 9.88. The highest BCUT2D eigenvalue weighted by atomic mass is 19.1. The van der Waals surface area contributed by atoms with E-state index in [0.29, 0.717) is 48.7 Å². The number of benzene rings is 3. The number of Topliss-reactive ketones (excluding diaryl/α,β-unsaturated/α-hetero) is 1. The number of ketones is 1. The van der Waals surface area contributed by atoms with Crippen molar-refractivity contribution in [1.29, 1.82) is 0 Å². The normalized spacial score (nSPS) is 14.1. The van der Waals surface area contributed by atoms with Gasteiger partial charge in [-0.2, -0.15) is 0 Å². The highest BCUT2D eigenvalue weighted by molar-refractivity contribution is 6.01. The molecule has 3 aromatic carbocycles. The molecule has 182 valence electrons. The average Bonchev–Trinajstić information content (AvgIpc) is 3.40. The van der Waals surface area contributed by atoms with Gasteiger partial charge in [-0.1, -0.05) is 42.0 Å². The molecule has 5 nitrogen and oxygen atoms in total. The van der Waals surface area contributed by atoms with Crippen LogP contribution in [0.2, 0.25) is 0 Å². The first-order chi connectivity index (χ1) is 17.4. The Bertz CT molecular complexity index is 1420. The first-order valence-electron chi connectivity index (χ1n) is 11.8. The van der Waals surface area contributed by atoms with Crippen molar-refractivity contribution in [3.8, 4) is 22.8 Å². The zero-order valence-corrected chi connectivity index (χ0v) is 19.7. The largest absolute Gasteiger partial charge is 0.436 e. The molecule has 0 unspecified atom stereocenters. The second-order valence-corrected chi connectivity index (χ2v) is 9.00. The molecule has 1 aliphatic rings. The van der Waals surface area contributed by atoms with Crippen LogP contribution in [0.1, 0.15) is 39.1 Å². The number of halogens is 2. The molecule has 0 atom stereocenters. The van der Waals surface area contributed by atoms with Gasteiger partial charge in [0.2, 0.25) is 5.89 Å². The van der Waals surface area contributed by atoms with E-state index in [9.17, 15) is 18.4 Å². The molecule has 0 bridgehead atoms. The summed E-state index contributed by atoms with van der Waals surface area (Å²) >= 11 is 0. The van der Waals surface area contributed by atoms with Gasteiger partial charge in [0, 0.05) is 30.1 Å². The van der Waals surface area contributed by atoms with Crippen molar-refractivity contribution < 1.29 is 22.8 Å². The van der Waals surface area contributed by atoms with E-state index in [2.05, 4.69) is 4.98 Å². The fourth-order valence-corrected chi connectivity index (χ4v) is 4.53. The van der Waals surface area contributed by atoms with E-state index in [1.54, 1.807) is 29.3 Å². The van der Waals surface area contributed by atoms with Gasteiger partial charge in [-0.25, -0.2) is 13.8 Å². The van der Waals surface area contributed by atoms with Crippen LogP contribution in [-0.2, 0) is 0 Å². The maximum absolute atomic E-state index is 14.1. The van der Waals surface area contributed by atoms with E-state index in [-0.39, 0.29) is 11.5 Å². The molecular formula is C29H24F2N2O3. The quantitative estimate of drug-likeness (QED) is 0.309. The summed E-state index contributed by atoms with van der Waals surface area (Å²) in [5.74, 6) is -1.51. The number of amides is 1. The SMILES string of the molecule is Cc1ccc(-c2cnc(-c3ccccc3C(=O)N3CCC(C(=O)c4cc(F)ccc4F)CC3)o2)cc1. The Morgan fingerprint density at radius 1 is 0.944 bits per heavy atom. The van der Waals surface area contributed by atoms with Crippen molar-refractivity contribution in [3.05, 3.63) is 101 Å². The van der Waals surface area contributed by atoms with Crippen molar-refractivity contribution in [3.63, 3.8) is 0 Å². The molecule has 0 saturated carbocycles. The van der Waals surface area contributed by atoms with Gasteiger partial charge in [0.15, 0.2) is 11.5 Å². The minimum atomic E-state index is -0.732. The summed E-state index contributed by atoms with van der Waals surface area (Å²) in [6.45, 7) is 2.68. The average molecular weight is 487 g/mol. The first kappa shape index (κ1) is 23.6. The maximum atomic E-state index is 14.1. The molecular weight excluding hydrogens is 462 g/mol. The van der Waals surface area contributed by atoms with Gasteiger partial charge in [0.1, 0.15) is 11.6 Å². The molecule has 1 aliphatic heterocycles. The van der Waals surface area contributed by atoms with E-state index in [1.165, 1.54) is 0 Å². The third kappa shape index (κ3) is 4.69. The zero-order valence-electron chi connectivity index (χ0n) is 19.7. The Labute approximate surface area is 207 Å². The van der Waals surface area contributed by atoms with Crippen molar-refractivity contribution in [1.82, 2.24) is 9.88 Å². The Balaban J connectivity index is 1.31. The summed E-state index contributed by atoms with van der Waals surface area (Å²) in [4.78, 5) is 32.3. The zero-order chi connectivity index (χ0) is 25.2. The van der Waals surface area contributed by atoms with Crippen molar-refractivity contribution in [2.75, 3.05) is 13.1 Å². The van der Waals surface area contributed by atoms with E-state index < -0.39 is 23.3 Å². The van der Waals surface area contributed by atoms with Crippen molar-refractivity contribution in [2.24, 2.45) is 5.92 Å². The molecule has 1 fully saturated rings. The molecule has 5 rings (SSSR count). The summed E-state index contributed by atoms with van der Waals surface area (Å²) in [5, 5.41) is 0. The number of aromatic nitrogens is 1. The van der Waals surface area contributed by atoms with Crippen molar-refractivity contribution >= 4 is 11.7 Å². The summed E-state index contributed by atoms with van der Waals surface area (Å²) in [6.07, 6.45) is 2.39. The number of likely N-dealkylation sites (tertiary alicyclic amines) is 1. The molecule has 1 saturated heterocycles. The topological polar surface area (TPSA) is 63.4 Å². The van der Waals surface area contributed by atoms with Gasteiger partial charge in [-0.15, -0.1) is 0 Å². The highest BCUT2D eigenvalue weighted by Crippen LogP contribution is 2.30. The van der Waals surface area contributed by atoms with Crippen LogP contribution in [0.15, 0.2) is 77.3 Å². The third-order valence-electron chi connectivity index (χ3n) is 6.58. The minimum absolute atomic E-state index is 0.191. The predicted molar refractivity (Wildman–Crippen MR) is 131 cm³/mol.